The van der Waals surface area contributed by atoms with Gasteiger partial charge in [0, 0.05) is 6.42 Å². The minimum Gasteiger partial charge on any atom is -0.344 e. The molecule has 1 amide bonds. The van der Waals surface area contributed by atoms with Gasteiger partial charge in [-0.25, -0.2) is 0 Å². The van der Waals surface area contributed by atoms with E-state index in [0.29, 0.717) is 13.1 Å². The molecule has 0 atom stereocenters. The van der Waals surface area contributed by atoms with Gasteiger partial charge < -0.3 is 10.6 Å². The van der Waals surface area contributed by atoms with Crippen molar-refractivity contribution >= 4 is 5.91 Å². The van der Waals surface area contributed by atoms with E-state index >= 15 is 0 Å². The summed E-state index contributed by atoms with van der Waals surface area (Å²) in [4.78, 5) is 10.8. The van der Waals surface area contributed by atoms with Crippen LogP contribution in [0.3, 0.4) is 0 Å². The predicted octanol–water partition coefficient (Wildman–Crippen LogP) is 0.470. The molecule has 0 aromatic rings. The number of hydrogen-bond acceptors (Lipinski definition) is 2. The molecule has 0 heterocycles. The Kier molecular flexibility index (Phi) is 6.18. The number of carbonyl (C=O) groups is 1. The van der Waals surface area contributed by atoms with Crippen molar-refractivity contribution in [3.63, 3.8) is 0 Å². The normalized spacial score (nSPS) is 9.40. The van der Waals surface area contributed by atoms with Gasteiger partial charge in [0.1, 0.15) is 0 Å². The number of rotatable bonds is 5. The van der Waals surface area contributed by atoms with Crippen molar-refractivity contribution in [2.24, 2.45) is 0 Å². The van der Waals surface area contributed by atoms with E-state index in [0.717, 1.165) is 12.8 Å². The zero-order chi connectivity index (χ0) is 7.82. The molecule has 60 valence electrons. The summed E-state index contributed by atoms with van der Waals surface area (Å²) < 4.78 is 0. The van der Waals surface area contributed by atoms with Crippen LogP contribution in [0.1, 0.15) is 26.2 Å². The fourth-order valence-electron chi connectivity index (χ4n) is 0.613. The monoisotopic (exact) mass is 144 g/mol. The fraction of sp³-hybridized carbons (Fsp3) is 0.857. The maximum absolute atomic E-state index is 10.8. The molecule has 0 fully saturated rings. The van der Waals surface area contributed by atoms with Crippen molar-refractivity contribution in [1.29, 1.82) is 0 Å². The number of hydrogen-bond donors (Lipinski definition) is 2. The first-order chi connectivity index (χ1) is 4.81. The van der Waals surface area contributed by atoms with E-state index in [1.54, 1.807) is 7.05 Å². The molecule has 0 aliphatic heterocycles. The lowest BCUT2D eigenvalue weighted by Crippen LogP contribution is -2.31. The summed E-state index contributed by atoms with van der Waals surface area (Å²) in [6.45, 7) is 2.65. The van der Waals surface area contributed by atoms with Gasteiger partial charge in [0.25, 0.3) is 0 Å². The Balaban J connectivity index is 3.09. The maximum atomic E-state index is 10.8. The molecule has 10 heavy (non-hydrogen) atoms. The second-order valence-electron chi connectivity index (χ2n) is 2.23. The molecule has 0 aromatic heterocycles. The van der Waals surface area contributed by atoms with Crippen LogP contribution in [0.4, 0.5) is 0 Å². The van der Waals surface area contributed by atoms with Gasteiger partial charge in [0.05, 0.1) is 6.67 Å². The molecular formula is C7H16N2O. The smallest absolute Gasteiger partial charge is 0.220 e. The molecule has 0 spiro atoms. The van der Waals surface area contributed by atoms with Crippen LogP contribution in [0, 0.1) is 0 Å². The molecule has 0 aromatic carbocycles. The van der Waals surface area contributed by atoms with Crippen molar-refractivity contribution in [2.45, 2.75) is 26.2 Å². The van der Waals surface area contributed by atoms with Crippen LogP contribution in [-0.2, 0) is 4.79 Å². The molecule has 3 heteroatoms. The quantitative estimate of drug-likeness (QED) is 0.551. The van der Waals surface area contributed by atoms with Gasteiger partial charge in [-0.05, 0) is 13.5 Å². The Hall–Kier alpha value is -0.570. The highest BCUT2D eigenvalue weighted by molar-refractivity contribution is 5.75. The summed E-state index contributed by atoms with van der Waals surface area (Å²) in [5, 5.41) is 5.56. The molecule has 0 aliphatic rings. The average Bonchev–Trinajstić information content (AvgIpc) is 1.97. The second kappa shape index (κ2) is 6.55. The van der Waals surface area contributed by atoms with Gasteiger partial charge in [-0.15, -0.1) is 0 Å². The third-order valence-corrected chi connectivity index (χ3v) is 1.22. The Morgan fingerprint density at radius 2 is 2.20 bits per heavy atom. The molecular weight excluding hydrogens is 128 g/mol. The van der Waals surface area contributed by atoms with Crippen LogP contribution in [0.2, 0.25) is 0 Å². The van der Waals surface area contributed by atoms with Crippen molar-refractivity contribution < 1.29 is 4.79 Å². The van der Waals surface area contributed by atoms with Crippen LogP contribution in [0.15, 0.2) is 0 Å². The first kappa shape index (κ1) is 9.43. The molecule has 2 N–H and O–H groups in total. The fourth-order valence-corrected chi connectivity index (χ4v) is 0.613. The summed E-state index contributed by atoms with van der Waals surface area (Å²) in [7, 11) is 1.81. The number of nitrogens with one attached hydrogen (secondary N) is 2. The SMILES string of the molecule is CCCCC(=O)NCNC. The minimum absolute atomic E-state index is 0.135. The van der Waals surface area contributed by atoms with Crippen LogP contribution in [0.5, 0.6) is 0 Å². The van der Waals surface area contributed by atoms with Crippen LogP contribution in [-0.4, -0.2) is 19.6 Å². The van der Waals surface area contributed by atoms with Gasteiger partial charge in [-0.2, -0.15) is 0 Å². The predicted molar refractivity (Wildman–Crippen MR) is 41.6 cm³/mol. The van der Waals surface area contributed by atoms with Crippen molar-refractivity contribution in [1.82, 2.24) is 10.6 Å². The Bertz CT molecular complexity index is 83.6. The van der Waals surface area contributed by atoms with E-state index in [2.05, 4.69) is 17.6 Å². The summed E-state index contributed by atoms with van der Waals surface area (Å²) in [6.07, 6.45) is 2.71. The zero-order valence-electron chi connectivity index (χ0n) is 6.74. The molecule has 0 saturated carbocycles. The Labute approximate surface area is 62.2 Å². The van der Waals surface area contributed by atoms with Gasteiger partial charge in [-0.1, -0.05) is 13.3 Å². The topological polar surface area (TPSA) is 41.1 Å². The molecule has 0 bridgehead atoms. The van der Waals surface area contributed by atoms with E-state index in [1.807, 2.05) is 0 Å². The standard InChI is InChI=1S/C7H16N2O/c1-3-4-5-7(10)9-6-8-2/h8H,3-6H2,1-2H3,(H,9,10). The average molecular weight is 144 g/mol. The van der Waals surface area contributed by atoms with Gasteiger partial charge in [-0.3, -0.25) is 4.79 Å². The van der Waals surface area contributed by atoms with E-state index in [9.17, 15) is 4.79 Å². The van der Waals surface area contributed by atoms with E-state index in [4.69, 9.17) is 0 Å². The highest BCUT2D eigenvalue weighted by atomic mass is 16.1. The largest absolute Gasteiger partial charge is 0.344 e. The Morgan fingerprint density at radius 3 is 2.70 bits per heavy atom. The van der Waals surface area contributed by atoms with E-state index in [-0.39, 0.29) is 5.91 Å². The first-order valence-corrected chi connectivity index (χ1v) is 3.72. The molecule has 0 unspecified atom stereocenters. The number of carbonyl (C=O) groups excluding carboxylic acids is 1. The summed E-state index contributed by atoms with van der Waals surface area (Å²) in [5.41, 5.74) is 0. The van der Waals surface area contributed by atoms with Gasteiger partial charge >= 0.3 is 0 Å². The molecule has 0 saturated heterocycles. The Morgan fingerprint density at radius 1 is 1.50 bits per heavy atom. The van der Waals surface area contributed by atoms with Gasteiger partial charge in [0.2, 0.25) is 5.91 Å². The minimum atomic E-state index is 0.135. The lowest BCUT2D eigenvalue weighted by Gasteiger charge is -2.01. The van der Waals surface area contributed by atoms with E-state index < -0.39 is 0 Å². The maximum Gasteiger partial charge on any atom is 0.220 e. The molecule has 3 nitrogen and oxygen atoms in total. The highest BCUT2D eigenvalue weighted by Gasteiger charge is 1.96. The molecule has 0 radical (unpaired) electrons. The van der Waals surface area contributed by atoms with Crippen LogP contribution >= 0.6 is 0 Å². The highest BCUT2D eigenvalue weighted by Crippen LogP contribution is 1.91. The van der Waals surface area contributed by atoms with Gasteiger partial charge in [0.15, 0.2) is 0 Å². The number of amides is 1. The van der Waals surface area contributed by atoms with Crippen molar-refractivity contribution in [2.75, 3.05) is 13.7 Å². The zero-order valence-corrected chi connectivity index (χ0v) is 6.74. The summed E-state index contributed by atoms with van der Waals surface area (Å²) >= 11 is 0. The second-order valence-corrected chi connectivity index (χ2v) is 2.23. The van der Waals surface area contributed by atoms with Crippen molar-refractivity contribution in [3.8, 4) is 0 Å². The summed E-state index contributed by atoms with van der Waals surface area (Å²) in [6, 6.07) is 0. The van der Waals surface area contributed by atoms with Crippen LogP contribution < -0.4 is 10.6 Å². The number of unbranched alkanes of at least 4 members (excludes halogenated alkanes) is 1. The molecule has 0 rings (SSSR count). The third kappa shape index (κ3) is 5.56. The van der Waals surface area contributed by atoms with Crippen LogP contribution in [0.25, 0.3) is 0 Å². The van der Waals surface area contributed by atoms with Crippen molar-refractivity contribution in [3.05, 3.63) is 0 Å². The third-order valence-electron chi connectivity index (χ3n) is 1.22. The molecule has 0 aliphatic carbocycles. The van der Waals surface area contributed by atoms with E-state index in [1.165, 1.54) is 0 Å². The first-order valence-electron chi connectivity index (χ1n) is 3.72. The lowest BCUT2D eigenvalue weighted by atomic mass is 10.2. The lowest BCUT2D eigenvalue weighted by molar-refractivity contribution is -0.121. The summed E-state index contributed by atoms with van der Waals surface area (Å²) in [5.74, 6) is 0.135.